The Morgan fingerprint density at radius 2 is 2.03 bits per heavy atom. The van der Waals surface area contributed by atoms with E-state index in [9.17, 15) is 14.0 Å². The number of nitrogens with zero attached hydrogens (tertiary/aromatic N) is 3. The van der Waals surface area contributed by atoms with E-state index in [-0.39, 0.29) is 11.5 Å². The minimum Gasteiger partial charge on any atom is -0.452 e. The van der Waals surface area contributed by atoms with Crippen LogP contribution in [0.15, 0.2) is 48.8 Å². The van der Waals surface area contributed by atoms with Crippen LogP contribution < -0.4 is 5.32 Å². The Hall–Kier alpha value is -3.55. The lowest BCUT2D eigenvalue weighted by Gasteiger charge is -2.12. The van der Waals surface area contributed by atoms with Gasteiger partial charge in [-0.15, -0.1) is 0 Å². The molecule has 1 N–H and O–H groups in total. The van der Waals surface area contributed by atoms with Crippen molar-refractivity contribution in [2.45, 2.75) is 26.7 Å². The van der Waals surface area contributed by atoms with Crippen molar-refractivity contribution in [3.8, 4) is 5.82 Å². The second-order valence-corrected chi connectivity index (χ2v) is 6.79. The summed E-state index contributed by atoms with van der Waals surface area (Å²) in [6.45, 7) is 4.97. The number of pyridine rings is 1. The molecular formula is C21H21FN4O3. The summed E-state index contributed by atoms with van der Waals surface area (Å²) in [5, 5.41) is 6.75. The summed E-state index contributed by atoms with van der Waals surface area (Å²) in [5.74, 6) is -1.12. The maximum absolute atomic E-state index is 13.6. The summed E-state index contributed by atoms with van der Waals surface area (Å²) < 4.78 is 20.3. The number of esters is 1. The summed E-state index contributed by atoms with van der Waals surface area (Å²) in [4.78, 5) is 28.8. The smallest absolute Gasteiger partial charge is 0.342 e. The molecule has 0 saturated heterocycles. The molecule has 0 spiro atoms. The molecule has 1 aromatic carbocycles. The van der Waals surface area contributed by atoms with E-state index < -0.39 is 24.3 Å². The van der Waals surface area contributed by atoms with E-state index in [4.69, 9.17) is 4.74 Å². The maximum atomic E-state index is 13.6. The summed E-state index contributed by atoms with van der Waals surface area (Å²) >= 11 is 0. The maximum Gasteiger partial charge on any atom is 0.342 e. The van der Waals surface area contributed by atoms with Crippen LogP contribution >= 0.6 is 0 Å². The van der Waals surface area contributed by atoms with Gasteiger partial charge in [-0.1, -0.05) is 26.0 Å². The third kappa shape index (κ3) is 4.66. The number of hydrogen-bond acceptors (Lipinski definition) is 5. The molecule has 8 heteroatoms. The molecule has 0 saturated carbocycles. The molecule has 3 aromatic rings. The van der Waals surface area contributed by atoms with Gasteiger partial charge in [0.15, 0.2) is 12.4 Å². The molecule has 0 aliphatic rings. The Morgan fingerprint density at radius 3 is 2.69 bits per heavy atom. The number of hydrogen-bond donors (Lipinski definition) is 1. The van der Waals surface area contributed by atoms with Crippen LogP contribution in [0.3, 0.4) is 0 Å². The molecule has 150 valence electrons. The molecule has 0 atom stereocenters. The lowest BCUT2D eigenvalue weighted by Crippen LogP contribution is -2.21. The van der Waals surface area contributed by atoms with E-state index in [0.717, 1.165) is 0 Å². The van der Waals surface area contributed by atoms with Gasteiger partial charge in [0.1, 0.15) is 11.4 Å². The first-order valence-electron chi connectivity index (χ1n) is 9.09. The van der Waals surface area contributed by atoms with Crippen molar-refractivity contribution in [2.75, 3.05) is 11.9 Å². The monoisotopic (exact) mass is 396 g/mol. The predicted octanol–water partition coefficient (Wildman–Crippen LogP) is 3.63. The molecular weight excluding hydrogens is 375 g/mol. The highest BCUT2D eigenvalue weighted by molar-refractivity contribution is 5.96. The van der Waals surface area contributed by atoms with Gasteiger partial charge in [-0.25, -0.2) is 18.9 Å². The molecule has 2 aromatic heterocycles. The van der Waals surface area contributed by atoms with Gasteiger partial charge in [-0.05, 0) is 42.7 Å². The number of carbonyl (C=O) groups is 2. The number of aromatic nitrogens is 3. The van der Waals surface area contributed by atoms with Gasteiger partial charge in [-0.2, -0.15) is 5.10 Å². The molecule has 29 heavy (non-hydrogen) atoms. The van der Waals surface area contributed by atoms with Gasteiger partial charge in [0, 0.05) is 11.9 Å². The Labute approximate surface area is 167 Å². The SMILES string of the molecule is Cc1ccc(NC(=O)COC(=O)c2cnn(-c3ccccn3)c2C(C)C)cc1F. The lowest BCUT2D eigenvalue weighted by molar-refractivity contribution is -0.119. The average molecular weight is 396 g/mol. The Balaban J connectivity index is 1.70. The number of benzene rings is 1. The number of nitrogens with one attached hydrogen (secondary N) is 1. The first-order valence-corrected chi connectivity index (χ1v) is 9.09. The molecule has 0 bridgehead atoms. The number of carbonyl (C=O) groups excluding carboxylic acids is 2. The minimum absolute atomic E-state index is 0.0357. The molecule has 0 unspecified atom stereocenters. The van der Waals surface area contributed by atoms with Crippen molar-refractivity contribution >= 4 is 17.6 Å². The van der Waals surface area contributed by atoms with Crippen molar-refractivity contribution in [2.24, 2.45) is 0 Å². The zero-order valence-corrected chi connectivity index (χ0v) is 16.3. The number of ether oxygens (including phenoxy) is 1. The van der Waals surface area contributed by atoms with Gasteiger partial charge in [0.2, 0.25) is 0 Å². The van der Waals surface area contributed by atoms with Crippen molar-refractivity contribution in [3.63, 3.8) is 0 Å². The van der Waals surface area contributed by atoms with Crippen LogP contribution in [0.1, 0.15) is 41.4 Å². The predicted molar refractivity (Wildman–Crippen MR) is 105 cm³/mol. The Morgan fingerprint density at radius 1 is 1.24 bits per heavy atom. The fourth-order valence-corrected chi connectivity index (χ4v) is 2.81. The topological polar surface area (TPSA) is 86.1 Å². The van der Waals surface area contributed by atoms with Crippen LogP contribution in [-0.2, 0) is 9.53 Å². The summed E-state index contributed by atoms with van der Waals surface area (Å²) in [6.07, 6.45) is 3.04. The number of amides is 1. The van der Waals surface area contributed by atoms with E-state index in [0.29, 0.717) is 22.8 Å². The molecule has 0 radical (unpaired) electrons. The van der Waals surface area contributed by atoms with Crippen molar-refractivity contribution in [3.05, 3.63) is 71.4 Å². The second-order valence-electron chi connectivity index (χ2n) is 6.79. The van der Waals surface area contributed by atoms with Gasteiger partial charge in [-0.3, -0.25) is 4.79 Å². The third-order valence-corrected chi connectivity index (χ3v) is 4.23. The third-order valence-electron chi connectivity index (χ3n) is 4.23. The quantitative estimate of drug-likeness (QED) is 0.643. The molecule has 0 aliphatic heterocycles. The van der Waals surface area contributed by atoms with E-state index in [1.165, 1.54) is 12.3 Å². The number of halogens is 1. The number of rotatable bonds is 6. The standard InChI is InChI=1S/C21H21FN4O3/c1-13(2)20-16(11-24-26(20)18-6-4-5-9-23-18)21(28)29-12-19(27)25-15-8-7-14(3)17(22)10-15/h4-11,13H,12H2,1-3H3,(H,25,27). The van der Waals surface area contributed by atoms with Crippen molar-refractivity contribution in [1.82, 2.24) is 14.8 Å². The van der Waals surface area contributed by atoms with E-state index in [2.05, 4.69) is 15.4 Å². The highest BCUT2D eigenvalue weighted by atomic mass is 19.1. The fraction of sp³-hybridized carbons (Fsp3) is 0.238. The van der Waals surface area contributed by atoms with E-state index in [1.54, 1.807) is 42.1 Å². The molecule has 0 fully saturated rings. The number of anilines is 1. The summed E-state index contributed by atoms with van der Waals surface area (Å²) in [6, 6.07) is 9.73. The van der Waals surface area contributed by atoms with Crippen LogP contribution in [0.2, 0.25) is 0 Å². The number of aryl methyl sites for hydroxylation is 1. The Kier molecular flexibility index (Phi) is 6.01. The van der Waals surface area contributed by atoms with Crippen LogP contribution in [0, 0.1) is 12.7 Å². The van der Waals surface area contributed by atoms with E-state index in [1.807, 2.05) is 19.9 Å². The minimum atomic E-state index is -0.666. The Bertz CT molecular complexity index is 1030. The van der Waals surface area contributed by atoms with Crippen LogP contribution in [0.5, 0.6) is 0 Å². The fourth-order valence-electron chi connectivity index (χ4n) is 2.81. The normalized spacial score (nSPS) is 10.8. The lowest BCUT2D eigenvalue weighted by atomic mass is 10.1. The van der Waals surface area contributed by atoms with Crippen LogP contribution in [0.25, 0.3) is 5.82 Å². The van der Waals surface area contributed by atoms with Crippen LogP contribution in [0.4, 0.5) is 10.1 Å². The van der Waals surface area contributed by atoms with Crippen molar-refractivity contribution < 1.29 is 18.7 Å². The first kappa shape index (κ1) is 20.2. The van der Waals surface area contributed by atoms with Gasteiger partial charge in [0.05, 0.1) is 11.9 Å². The van der Waals surface area contributed by atoms with Crippen LogP contribution in [-0.4, -0.2) is 33.2 Å². The molecule has 0 aliphatic carbocycles. The van der Waals surface area contributed by atoms with E-state index >= 15 is 0 Å². The molecule has 3 rings (SSSR count). The zero-order valence-electron chi connectivity index (χ0n) is 16.3. The molecule has 7 nitrogen and oxygen atoms in total. The molecule has 2 heterocycles. The first-order chi connectivity index (χ1) is 13.9. The summed E-state index contributed by atoms with van der Waals surface area (Å²) in [5.41, 5.74) is 1.66. The largest absolute Gasteiger partial charge is 0.452 e. The second kappa shape index (κ2) is 8.64. The molecule has 1 amide bonds. The summed E-state index contributed by atoms with van der Waals surface area (Å²) in [7, 11) is 0. The van der Waals surface area contributed by atoms with Crippen molar-refractivity contribution in [1.29, 1.82) is 0 Å². The highest BCUT2D eigenvalue weighted by Gasteiger charge is 2.23. The zero-order chi connectivity index (χ0) is 21.0. The van der Waals surface area contributed by atoms with Gasteiger partial charge >= 0.3 is 5.97 Å². The highest BCUT2D eigenvalue weighted by Crippen LogP contribution is 2.23. The average Bonchev–Trinajstić information content (AvgIpc) is 3.15. The van der Waals surface area contributed by atoms with Gasteiger partial charge < -0.3 is 10.1 Å². The van der Waals surface area contributed by atoms with Gasteiger partial charge in [0.25, 0.3) is 5.91 Å².